The molecule has 0 radical (unpaired) electrons. The van der Waals surface area contributed by atoms with Gasteiger partial charge in [-0.25, -0.2) is 4.79 Å². The van der Waals surface area contributed by atoms with Crippen molar-refractivity contribution in [2.45, 2.75) is 13.0 Å². The van der Waals surface area contributed by atoms with Crippen LogP contribution in [0.3, 0.4) is 0 Å². The predicted octanol–water partition coefficient (Wildman–Crippen LogP) is 2.73. The lowest BCUT2D eigenvalue weighted by Gasteiger charge is -2.13. The molecule has 21 heavy (non-hydrogen) atoms. The fraction of sp³-hybridized carbons (Fsp3) is 0.133. The van der Waals surface area contributed by atoms with Crippen LogP contribution in [0.5, 0.6) is 0 Å². The molecule has 6 heteroatoms. The molecule has 2 rings (SSSR count). The van der Waals surface area contributed by atoms with Crippen LogP contribution in [0, 0.1) is 0 Å². The van der Waals surface area contributed by atoms with Crippen LogP contribution in [0.4, 0.5) is 0 Å². The summed E-state index contributed by atoms with van der Waals surface area (Å²) in [6.45, 7) is 1.89. The van der Waals surface area contributed by atoms with Crippen molar-refractivity contribution in [1.29, 1.82) is 0 Å². The van der Waals surface area contributed by atoms with E-state index in [2.05, 4.69) is 10.3 Å². The Labute approximate surface area is 126 Å². The molecule has 5 nitrogen and oxygen atoms in total. The van der Waals surface area contributed by atoms with Crippen LogP contribution in [-0.4, -0.2) is 22.0 Å². The molecule has 0 saturated heterocycles. The summed E-state index contributed by atoms with van der Waals surface area (Å²) >= 11 is 1.32. The van der Waals surface area contributed by atoms with E-state index in [1.807, 2.05) is 19.1 Å². The van der Waals surface area contributed by atoms with Gasteiger partial charge in [-0.3, -0.25) is 9.78 Å². The average molecular weight is 302 g/mol. The maximum Gasteiger partial charge on any atom is 0.328 e. The summed E-state index contributed by atoms with van der Waals surface area (Å²) in [4.78, 5) is 27.2. The van der Waals surface area contributed by atoms with Gasteiger partial charge >= 0.3 is 5.97 Å². The SMILES string of the molecule is CC(NC(=O)c1csc(C=CC(=O)O)c1)c1ccncc1. The zero-order valence-electron chi connectivity index (χ0n) is 11.3. The van der Waals surface area contributed by atoms with E-state index < -0.39 is 5.97 Å². The fourth-order valence-corrected chi connectivity index (χ4v) is 2.51. The number of carboxylic acid groups (broad SMARTS) is 1. The second-order valence-electron chi connectivity index (χ2n) is 4.39. The third-order valence-electron chi connectivity index (χ3n) is 2.83. The van der Waals surface area contributed by atoms with E-state index in [1.54, 1.807) is 23.8 Å². The number of nitrogens with zero attached hydrogens (tertiary/aromatic N) is 1. The summed E-state index contributed by atoms with van der Waals surface area (Å²) in [5, 5.41) is 13.2. The summed E-state index contributed by atoms with van der Waals surface area (Å²) in [5.74, 6) is -1.20. The van der Waals surface area contributed by atoms with Crippen LogP contribution in [0.2, 0.25) is 0 Å². The van der Waals surface area contributed by atoms with Crippen LogP contribution in [-0.2, 0) is 4.79 Å². The summed E-state index contributed by atoms with van der Waals surface area (Å²) in [6.07, 6.45) is 5.87. The van der Waals surface area contributed by atoms with Gasteiger partial charge in [-0.05, 0) is 36.8 Å². The molecule has 1 amide bonds. The van der Waals surface area contributed by atoms with Gasteiger partial charge in [0, 0.05) is 28.7 Å². The number of aromatic nitrogens is 1. The van der Waals surface area contributed by atoms with Crippen LogP contribution >= 0.6 is 11.3 Å². The van der Waals surface area contributed by atoms with Gasteiger partial charge in [0.1, 0.15) is 0 Å². The van der Waals surface area contributed by atoms with Crippen molar-refractivity contribution in [1.82, 2.24) is 10.3 Å². The van der Waals surface area contributed by atoms with Gasteiger partial charge in [0.05, 0.1) is 11.6 Å². The van der Waals surface area contributed by atoms with Crippen molar-refractivity contribution in [3.05, 3.63) is 58.1 Å². The molecule has 2 heterocycles. The topological polar surface area (TPSA) is 79.3 Å². The number of carboxylic acids is 1. The Morgan fingerprint density at radius 1 is 1.38 bits per heavy atom. The highest BCUT2D eigenvalue weighted by molar-refractivity contribution is 7.11. The first kappa shape index (κ1) is 14.9. The maximum atomic E-state index is 12.1. The second kappa shape index (κ2) is 6.81. The third kappa shape index (κ3) is 4.25. The number of carbonyl (C=O) groups is 2. The van der Waals surface area contributed by atoms with Crippen LogP contribution in [0.1, 0.15) is 33.8 Å². The normalized spacial score (nSPS) is 12.2. The molecule has 0 bridgehead atoms. The standard InChI is InChI=1S/C15H14N2O3S/c1-10(11-4-6-16-7-5-11)17-15(20)12-8-13(21-9-12)2-3-14(18)19/h2-10H,1H3,(H,17,20)(H,18,19). The Hall–Kier alpha value is -2.47. The third-order valence-corrected chi connectivity index (χ3v) is 3.72. The predicted molar refractivity (Wildman–Crippen MR) is 81.1 cm³/mol. The Morgan fingerprint density at radius 3 is 2.76 bits per heavy atom. The summed E-state index contributed by atoms with van der Waals surface area (Å²) in [6, 6.07) is 5.23. The van der Waals surface area contributed by atoms with E-state index in [0.29, 0.717) is 5.56 Å². The highest BCUT2D eigenvalue weighted by atomic mass is 32.1. The van der Waals surface area contributed by atoms with E-state index in [-0.39, 0.29) is 11.9 Å². The van der Waals surface area contributed by atoms with E-state index in [9.17, 15) is 9.59 Å². The zero-order valence-corrected chi connectivity index (χ0v) is 12.1. The molecule has 0 saturated carbocycles. The number of rotatable bonds is 5. The average Bonchev–Trinajstić information content (AvgIpc) is 2.95. The van der Waals surface area contributed by atoms with E-state index in [0.717, 1.165) is 16.5 Å². The molecule has 0 spiro atoms. The lowest BCUT2D eigenvalue weighted by Crippen LogP contribution is -2.26. The first-order valence-electron chi connectivity index (χ1n) is 6.26. The van der Waals surface area contributed by atoms with Crippen molar-refractivity contribution in [2.24, 2.45) is 0 Å². The Bertz CT molecular complexity index is 665. The van der Waals surface area contributed by atoms with Gasteiger partial charge < -0.3 is 10.4 Å². The number of pyridine rings is 1. The number of nitrogens with one attached hydrogen (secondary N) is 1. The number of amides is 1. The van der Waals surface area contributed by atoms with Crippen molar-refractivity contribution in [3.63, 3.8) is 0 Å². The molecule has 1 unspecified atom stereocenters. The van der Waals surface area contributed by atoms with Crippen LogP contribution < -0.4 is 5.32 Å². The minimum atomic E-state index is -1.01. The van der Waals surface area contributed by atoms with Gasteiger partial charge in [-0.1, -0.05) is 0 Å². The molecular weight excluding hydrogens is 288 g/mol. The molecule has 0 fully saturated rings. The largest absolute Gasteiger partial charge is 0.478 e. The number of carbonyl (C=O) groups excluding carboxylic acids is 1. The van der Waals surface area contributed by atoms with E-state index in [1.165, 1.54) is 17.4 Å². The Morgan fingerprint density at radius 2 is 2.10 bits per heavy atom. The molecule has 0 aliphatic heterocycles. The number of aliphatic carboxylic acids is 1. The molecule has 108 valence electrons. The quantitative estimate of drug-likeness (QED) is 0.832. The molecular formula is C15H14N2O3S. The number of hydrogen-bond acceptors (Lipinski definition) is 4. The minimum absolute atomic E-state index is 0.126. The van der Waals surface area contributed by atoms with Gasteiger partial charge in [0.2, 0.25) is 0 Å². The Balaban J connectivity index is 2.02. The molecule has 2 aromatic rings. The number of hydrogen-bond donors (Lipinski definition) is 2. The van der Waals surface area contributed by atoms with E-state index in [4.69, 9.17) is 5.11 Å². The summed E-state index contributed by atoms with van der Waals surface area (Å²) in [5.41, 5.74) is 1.49. The summed E-state index contributed by atoms with van der Waals surface area (Å²) < 4.78 is 0. The molecule has 2 aromatic heterocycles. The first-order chi connectivity index (χ1) is 10.1. The van der Waals surface area contributed by atoms with Crippen molar-refractivity contribution < 1.29 is 14.7 Å². The van der Waals surface area contributed by atoms with Crippen LogP contribution in [0.15, 0.2) is 42.0 Å². The monoisotopic (exact) mass is 302 g/mol. The molecule has 0 aliphatic carbocycles. The molecule has 0 aliphatic rings. The smallest absolute Gasteiger partial charge is 0.328 e. The number of thiophene rings is 1. The molecule has 2 N–H and O–H groups in total. The molecule has 0 aromatic carbocycles. The Kier molecular flexibility index (Phi) is 4.84. The van der Waals surface area contributed by atoms with Crippen LogP contribution in [0.25, 0.3) is 6.08 Å². The van der Waals surface area contributed by atoms with Gasteiger partial charge in [-0.15, -0.1) is 11.3 Å². The minimum Gasteiger partial charge on any atom is -0.478 e. The maximum absolute atomic E-state index is 12.1. The lowest BCUT2D eigenvalue weighted by atomic mass is 10.1. The van der Waals surface area contributed by atoms with Crippen molar-refractivity contribution in [3.8, 4) is 0 Å². The lowest BCUT2D eigenvalue weighted by molar-refractivity contribution is -0.131. The zero-order chi connectivity index (χ0) is 15.2. The molecule has 1 atom stereocenters. The highest BCUT2D eigenvalue weighted by Gasteiger charge is 2.12. The summed E-state index contributed by atoms with van der Waals surface area (Å²) in [7, 11) is 0. The van der Waals surface area contributed by atoms with Crippen molar-refractivity contribution >= 4 is 29.3 Å². The van der Waals surface area contributed by atoms with Crippen molar-refractivity contribution in [2.75, 3.05) is 0 Å². The van der Waals surface area contributed by atoms with Gasteiger partial charge in [0.15, 0.2) is 0 Å². The fourth-order valence-electron chi connectivity index (χ4n) is 1.73. The second-order valence-corrected chi connectivity index (χ2v) is 5.33. The van der Waals surface area contributed by atoms with E-state index >= 15 is 0 Å². The first-order valence-corrected chi connectivity index (χ1v) is 7.14. The van der Waals surface area contributed by atoms with Gasteiger partial charge in [-0.2, -0.15) is 0 Å². The van der Waals surface area contributed by atoms with Gasteiger partial charge in [0.25, 0.3) is 5.91 Å². The highest BCUT2D eigenvalue weighted by Crippen LogP contribution is 2.18.